The van der Waals surface area contributed by atoms with Crippen molar-refractivity contribution in [3.8, 4) is 0 Å². The molecule has 1 aromatic carbocycles. The highest BCUT2D eigenvalue weighted by atomic mass is 32.2. The van der Waals surface area contributed by atoms with E-state index in [1.165, 1.54) is 18.2 Å². The lowest BCUT2D eigenvalue weighted by molar-refractivity contribution is 0.0693. The third-order valence-electron chi connectivity index (χ3n) is 4.35. The molecule has 23 heavy (non-hydrogen) atoms. The van der Waals surface area contributed by atoms with Gasteiger partial charge in [-0.25, -0.2) is 4.39 Å². The smallest absolute Gasteiger partial charge is 0.270 e. The number of rotatable bonds is 3. The second-order valence-corrected chi connectivity index (χ2v) is 6.81. The van der Waals surface area contributed by atoms with Crippen molar-refractivity contribution in [2.75, 3.05) is 25.1 Å². The van der Waals surface area contributed by atoms with Crippen LogP contribution in [-0.4, -0.2) is 40.9 Å². The van der Waals surface area contributed by atoms with E-state index in [0.717, 1.165) is 18.6 Å². The lowest BCUT2D eigenvalue weighted by Crippen LogP contribution is -2.39. The number of thioether (sulfide) groups is 1. The van der Waals surface area contributed by atoms with Crippen LogP contribution in [0.4, 0.5) is 4.39 Å². The van der Waals surface area contributed by atoms with Crippen LogP contribution >= 0.6 is 11.8 Å². The van der Waals surface area contributed by atoms with Crippen LogP contribution in [0, 0.1) is 11.7 Å². The van der Waals surface area contributed by atoms with Crippen LogP contribution in [0.15, 0.2) is 29.1 Å². The first-order valence-electron chi connectivity index (χ1n) is 7.70. The number of nitrogens with one attached hydrogen (secondary N) is 1. The van der Waals surface area contributed by atoms with Gasteiger partial charge in [-0.15, -0.1) is 0 Å². The summed E-state index contributed by atoms with van der Waals surface area (Å²) in [6.07, 6.45) is 4.03. The molecule has 1 aliphatic rings. The maximum Gasteiger partial charge on any atom is 0.270 e. The Hall–Kier alpha value is -1.82. The van der Waals surface area contributed by atoms with Gasteiger partial charge >= 0.3 is 0 Å². The van der Waals surface area contributed by atoms with Gasteiger partial charge in [-0.3, -0.25) is 9.59 Å². The van der Waals surface area contributed by atoms with E-state index >= 15 is 0 Å². The molecule has 0 aliphatic carbocycles. The van der Waals surface area contributed by atoms with Gasteiger partial charge in [0.05, 0.1) is 5.52 Å². The molecule has 0 unspecified atom stereocenters. The number of aromatic nitrogens is 1. The fraction of sp³-hybridized carbons (Fsp3) is 0.412. The molecule has 2 aromatic rings. The van der Waals surface area contributed by atoms with Crippen LogP contribution < -0.4 is 5.43 Å². The van der Waals surface area contributed by atoms with Gasteiger partial charge in [0.15, 0.2) is 5.43 Å². The molecule has 0 atom stereocenters. The van der Waals surface area contributed by atoms with Gasteiger partial charge in [-0.2, -0.15) is 11.8 Å². The second-order valence-electron chi connectivity index (χ2n) is 5.90. The van der Waals surface area contributed by atoms with Gasteiger partial charge in [-0.05, 0) is 42.9 Å². The molecule has 122 valence electrons. The topological polar surface area (TPSA) is 53.2 Å². The molecule has 6 heteroatoms. The summed E-state index contributed by atoms with van der Waals surface area (Å²) in [4.78, 5) is 29.3. The molecule has 0 spiro atoms. The summed E-state index contributed by atoms with van der Waals surface area (Å²) in [6, 6.07) is 5.60. The highest BCUT2D eigenvalue weighted by Crippen LogP contribution is 2.22. The molecule has 1 N–H and O–H groups in total. The van der Waals surface area contributed by atoms with Crippen molar-refractivity contribution in [1.82, 2.24) is 9.88 Å². The maximum atomic E-state index is 13.9. The molecule has 0 saturated carbocycles. The zero-order chi connectivity index (χ0) is 16.4. The van der Waals surface area contributed by atoms with Crippen LogP contribution in [-0.2, 0) is 0 Å². The summed E-state index contributed by atoms with van der Waals surface area (Å²) in [5, 5.41) is 0.264. The molecule has 1 aromatic heterocycles. The number of amides is 1. The van der Waals surface area contributed by atoms with Crippen LogP contribution in [0.3, 0.4) is 0 Å². The monoisotopic (exact) mass is 334 g/mol. The van der Waals surface area contributed by atoms with Gasteiger partial charge in [0.1, 0.15) is 11.5 Å². The summed E-state index contributed by atoms with van der Waals surface area (Å²) in [5.41, 5.74) is -0.0737. The predicted molar refractivity (Wildman–Crippen MR) is 91.5 cm³/mol. The molecule has 4 nitrogen and oxygen atoms in total. The number of aromatic amines is 1. The van der Waals surface area contributed by atoms with Crippen LogP contribution in [0.25, 0.3) is 10.9 Å². The molecule has 2 heterocycles. The third-order valence-corrected chi connectivity index (χ3v) is 5.15. The fourth-order valence-electron chi connectivity index (χ4n) is 3.06. The normalized spacial score (nSPS) is 16.0. The summed E-state index contributed by atoms with van der Waals surface area (Å²) in [7, 11) is 0. The molecule has 3 rings (SSSR count). The number of carbonyl (C=O) groups is 1. The maximum absolute atomic E-state index is 13.9. The van der Waals surface area contributed by atoms with Crippen LogP contribution in [0.5, 0.6) is 0 Å². The average molecular weight is 334 g/mol. The number of fused-ring (bicyclic) bond motifs is 1. The number of benzene rings is 1. The van der Waals surface area contributed by atoms with E-state index in [9.17, 15) is 14.0 Å². The first kappa shape index (κ1) is 16.1. The third kappa shape index (κ3) is 3.27. The standard InChI is InChI=1S/C17H19FN2O2S/c1-23-10-11-5-7-20(8-6-11)17(22)14-9-15(21)12-3-2-4-13(18)16(12)19-14/h2-4,9,11H,5-8,10H2,1H3,(H,19,21). The number of nitrogens with zero attached hydrogens (tertiary/aromatic N) is 1. The Balaban J connectivity index is 1.85. The van der Waals surface area contributed by atoms with Gasteiger partial charge in [0, 0.05) is 24.5 Å². The van der Waals surface area contributed by atoms with Crippen molar-refractivity contribution in [2.24, 2.45) is 5.92 Å². The number of pyridine rings is 1. The molecular weight excluding hydrogens is 315 g/mol. The van der Waals surface area contributed by atoms with Gasteiger partial charge in [0.2, 0.25) is 0 Å². The molecule has 1 saturated heterocycles. The fourth-order valence-corrected chi connectivity index (χ4v) is 3.86. The quantitative estimate of drug-likeness (QED) is 0.939. The second kappa shape index (κ2) is 6.74. The largest absolute Gasteiger partial charge is 0.348 e. The van der Waals surface area contributed by atoms with Crippen molar-refractivity contribution < 1.29 is 9.18 Å². The van der Waals surface area contributed by atoms with E-state index < -0.39 is 5.82 Å². The van der Waals surface area contributed by atoms with E-state index in [1.54, 1.807) is 11.0 Å². The predicted octanol–water partition coefficient (Wildman–Crippen LogP) is 2.88. The Morgan fingerprint density at radius 1 is 1.39 bits per heavy atom. The Kier molecular flexibility index (Phi) is 4.71. The van der Waals surface area contributed by atoms with Gasteiger partial charge in [0.25, 0.3) is 5.91 Å². The number of piperidine rings is 1. The summed E-state index contributed by atoms with van der Waals surface area (Å²) in [5.74, 6) is 1.00. The molecule has 1 amide bonds. The zero-order valence-electron chi connectivity index (χ0n) is 13.0. The number of likely N-dealkylation sites (tertiary alicyclic amines) is 1. The highest BCUT2D eigenvalue weighted by molar-refractivity contribution is 7.98. The number of hydrogen-bond donors (Lipinski definition) is 1. The van der Waals surface area contributed by atoms with E-state index in [4.69, 9.17) is 0 Å². The lowest BCUT2D eigenvalue weighted by Gasteiger charge is -2.31. The molecule has 1 aliphatic heterocycles. The van der Waals surface area contributed by atoms with E-state index in [0.29, 0.717) is 19.0 Å². The number of para-hydroxylation sites is 1. The van der Waals surface area contributed by atoms with Crippen LogP contribution in [0.2, 0.25) is 0 Å². The number of halogens is 1. The van der Waals surface area contributed by atoms with Crippen molar-refractivity contribution in [2.45, 2.75) is 12.8 Å². The average Bonchev–Trinajstić information content (AvgIpc) is 2.56. The first-order valence-corrected chi connectivity index (χ1v) is 9.09. The Bertz CT molecular complexity index is 782. The van der Waals surface area contributed by atoms with Gasteiger partial charge in [-0.1, -0.05) is 6.07 Å². The number of carbonyl (C=O) groups excluding carboxylic acids is 1. The lowest BCUT2D eigenvalue weighted by atomic mass is 9.98. The molecular formula is C17H19FN2O2S. The Morgan fingerprint density at radius 3 is 2.83 bits per heavy atom. The zero-order valence-corrected chi connectivity index (χ0v) is 13.8. The van der Waals surface area contributed by atoms with Crippen molar-refractivity contribution in [1.29, 1.82) is 0 Å². The van der Waals surface area contributed by atoms with Gasteiger partial charge < -0.3 is 9.88 Å². The van der Waals surface area contributed by atoms with Crippen LogP contribution in [0.1, 0.15) is 23.3 Å². The number of hydrogen-bond acceptors (Lipinski definition) is 3. The molecule has 0 radical (unpaired) electrons. The molecule has 1 fully saturated rings. The van der Waals surface area contributed by atoms with E-state index in [2.05, 4.69) is 11.2 Å². The molecule has 0 bridgehead atoms. The summed E-state index contributed by atoms with van der Waals surface area (Å²) in [6.45, 7) is 1.36. The van der Waals surface area contributed by atoms with E-state index in [1.807, 2.05) is 11.8 Å². The van der Waals surface area contributed by atoms with Crippen molar-refractivity contribution >= 4 is 28.6 Å². The number of H-pyrrole nitrogens is 1. The van der Waals surface area contributed by atoms with E-state index in [-0.39, 0.29) is 27.9 Å². The highest BCUT2D eigenvalue weighted by Gasteiger charge is 2.24. The summed E-state index contributed by atoms with van der Waals surface area (Å²) < 4.78 is 13.9. The first-order chi connectivity index (χ1) is 11.1. The Labute approximate surface area is 138 Å². The summed E-state index contributed by atoms with van der Waals surface area (Å²) >= 11 is 1.83. The minimum Gasteiger partial charge on any atom is -0.348 e. The van der Waals surface area contributed by atoms with Crippen molar-refractivity contribution in [3.63, 3.8) is 0 Å². The SMILES string of the molecule is CSCC1CCN(C(=O)c2cc(=O)c3cccc(F)c3[nH]2)CC1. The van der Waals surface area contributed by atoms with Crippen molar-refractivity contribution in [3.05, 3.63) is 46.0 Å². The minimum atomic E-state index is -0.520. The minimum absolute atomic E-state index is 0.0978. The Morgan fingerprint density at radius 2 is 2.13 bits per heavy atom.